The van der Waals surface area contributed by atoms with E-state index >= 15 is 0 Å². The third-order valence-corrected chi connectivity index (χ3v) is 13.2. The quantitative estimate of drug-likeness (QED) is 0.380. The van der Waals surface area contributed by atoms with Crippen molar-refractivity contribution in [3.8, 4) is 0 Å². The van der Waals surface area contributed by atoms with Gasteiger partial charge in [0.05, 0.1) is 0 Å². The van der Waals surface area contributed by atoms with E-state index in [1.807, 2.05) is 0 Å². The van der Waals surface area contributed by atoms with Gasteiger partial charge < -0.3 is 0 Å². The van der Waals surface area contributed by atoms with Gasteiger partial charge in [0.15, 0.2) is 0 Å². The summed E-state index contributed by atoms with van der Waals surface area (Å²) < 4.78 is 0. The molecule has 0 saturated heterocycles. The lowest BCUT2D eigenvalue weighted by Crippen LogP contribution is -2.75. The van der Waals surface area contributed by atoms with E-state index in [0.717, 1.165) is 0 Å². The summed E-state index contributed by atoms with van der Waals surface area (Å²) in [7, 11) is 0. The van der Waals surface area contributed by atoms with Crippen LogP contribution in [-0.4, -0.2) is 0 Å². The Kier molecular flexibility index (Phi) is 4.09. The van der Waals surface area contributed by atoms with Gasteiger partial charge in [0.1, 0.15) is 0 Å². The first-order valence-electron chi connectivity index (χ1n) is 10.8. The molecule has 0 spiro atoms. The van der Waals surface area contributed by atoms with Crippen molar-refractivity contribution in [2.45, 2.75) is 111 Å². The summed E-state index contributed by atoms with van der Waals surface area (Å²) in [6.07, 6.45) is 0. The molecule has 2 aliphatic rings. The molecular formula is C26H48. The van der Waals surface area contributed by atoms with E-state index in [1.54, 1.807) is 11.1 Å². The minimum absolute atomic E-state index is 0.128. The van der Waals surface area contributed by atoms with Gasteiger partial charge in [-0.3, -0.25) is 0 Å². The average Bonchev–Trinajstić information content (AvgIpc) is 2.49. The molecule has 0 N–H and O–H groups in total. The van der Waals surface area contributed by atoms with Gasteiger partial charge in [-0.25, -0.2) is 0 Å². The molecular weight excluding hydrogens is 312 g/mol. The smallest absolute Gasteiger partial charge is 0.000326 e. The topological polar surface area (TPSA) is 0 Å². The van der Waals surface area contributed by atoms with Crippen LogP contribution in [0.5, 0.6) is 0 Å². The van der Waals surface area contributed by atoms with Crippen LogP contribution in [0.15, 0.2) is 11.1 Å². The first-order valence-corrected chi connectivity index (χ1v) is 10.8. The molecule has 0 aromatic heterocycles. The second-order valence-corrected chi connectivity index (χ2v) is 13.2. The first kappa shape index (κ1) is 22.0. The van der Waals surface area contributed by atoms with E-state index in [4.69, 9.17) is 0 Å². The lowest BCUT2D eigenvalue weighted by Gasteiger charge is -2.80. The molecule has 0 amide bonds. The van der Waals surface area contributed by atoms with Crippen LogP contribution in [0.4, 0.5) is 0 Å². The molecule has 0 aromatic carbocycles. The normalized spacial score (nSPS) is 41.5. The Morgan fingerprint density at radius 3 is 1.15 bits per heavy atom. The molecule has 0 heterocycles. The number of fused-ring (bicyclic) bond motifs is 2. The van der Waals surface area contributed by atoms with Gasteiger partial charge in [-0.15, -0.1) is 0 Å². The zero-order chi connectivity index (χ0) is 21.2. The van der Waals surface area contributed by atoms with Crippen molar-refractivity contribution in [2.24, 2.45) is 43.3 Å². The van der Waals surface area contributed by atoms with E-state index < -0.39 is 0 Å². The van der Waals surface area contributed by atoms with Gasteiger partial charge in [-0.05, 0) is 57.2 Å². The van der Waals surface area contributed by atoms with Gasteiger partial charge in [0.2, 0.25) is 0 Å². The van der Waals surface area contributed by atoms with E-state index in [1.165, 1.54) is 0 Å². The summed E-state index contributed by atoms with van der Waals surface area (Å²) in [4.78, 5) is 0. The lowest BCUT2D eigenvalue weighted by molar-refractivity contribution is -0.321. The largest absolute Gasteiger partial charge is 0.0676 e. The summed E-state index contributed by atoms with van der Waals surface area (Å²) in [5.74, 6) is 0. The minimum atomic E-state index is 0.128. The molecule has 0 nitrogen and oxygen atoms in total. The fourth-order valence-electron chi connectivity index (χ4n) is 8.53. The fraction of sp³-hybridized carbons (Fsp3) is 0.923. The Morgan fingerprint density at radius 2 is 0.769 bits per heavy atom. The molecule has 2 atom stereocenters. The third kappa shape index (κ3) is 1.59. The molecule has 0 heteroatoms. The number of hydrogen-bond donors (Lipinski definition) is 0. The van der Waals surface area contributed by atoms with Crippen LogP contribution in [0.2, 0.25) is 0 Å². The summed E-state index contributed by atoms with van der Waals surface area (Å²) in [6, 6.07) is 0. The van der Waals surface area contributed by atoms with Crippen molar-refractivity contribution in [1.82, 2.24) is 0 Å². The lowest BCUT2D eigenvalue weighted by atomic mass is 9.23. The van der Waals surface area contributed by atoms with Gasteiger partial charge in [0.25, 0.3) is 0 Å². The highest BCUT2D eigenvalue weighted by molar-refractivity contribution is 5.40. The van der Waals surface area contributed by atoms with Crippen LogP contribution in [0.25, 0.3) is 0 Å². The second-order valence-electron chi connectivity index (χ2n) is 13.2. The molecule has 2 aliphatic carbocycles. The molecule has 152 valence electrons. The number of hydrogen-bond acceptors (Lipinski definition) is 0. The molecule has 0 aliphatic heterocycles. The van der Waals surface area contributed by atoms with E-state index in [2.05, 4.69) is 111 Å². The predicted octanol–water partition coefficient (Wildman–Crippen LogP) is 8.52. The Bertz CT molecular complexity index is 662. The van der Waals surface area contributed by atoms with Crippen LogP contribution < -0.4 is 0 Å². The number of rotatable bonds is 0. The van der Waals surface area contributed by atoms with Gasteiger partial charge in [0, 0.05) is 0 Å². The minimum Gasteiger partial charge on any atom is -0.0676 e. The van der Waals surface area contributed by atoms with Crippen molar-refractivity contribution < 1.29 is 0 Å². The Hall–Kier alpha value is -0.260. The van der Waals surface area contributed by atoms with Crippen molar-refractivity contribution in [3.05, 3.63) is 11.1 Å². The maximum atomic E-state index is 2.63. The van der Waals surface area contributed by atoms with Crippen LogP contribution in [0.3, 0.4) is 0 Å². The highest BCUT2D eigenvalue weighted by Gasteiger charge is 2.80. The van der Waals surface area contributed by atoms with E-state index in [9.17, 15) is 0 Å². The first-order chi connectivity index (χ1) is 11.1. The van der Waals surface area contributed by atoms with Crippen molar-refractivity contribution in [2.75, 3.05) is 0 Å². The van der Waals surface area contributed by atoms with Crippen LogP contribution in [-0.2, 0) is 0 Å². The zero-order valence-corrected chi connectivity index (χ0v) is 21.0. The van der Waals surface area contributed by atoms with Crippen LogP contribution in [0.1, 0.15) is 111 Å². The average molecular weight is 361 g/mol. The molecule has 1 fully saturated rings. The molecule has 1 saturated carbocycles. The fourth-order valence-corrected chi connectivity index (χ4v) is 8.53. The van der Waals surface area contributed by atoms with E-state index in [0.29, 0.717) is 0 Å². The standard InChI is InChI=1S/C26H48/c1-17-18(2)25(15)22(9,10)21(7,8)23(11,12)26(16,24(25,13)14)20(5,6)19(17,3)4/h1-16H3. The maximum absolute atomic E-state index is 2.63. The Labute approximate surface area is 165 Å². The Morgan fingerprint density at radius 1 is 0.385 bits per heavy atom. The van der Waals surface area contributed by atoms with Crippen LogP contribution in [0, 0.1) is 43.3 Å². The second kappa shape index (κ2) is 4.83. The van der Waals surface area contributed by atoms with Crippen molar-refractivity contribution in [1.29, 1.82) is 0 Å². The maximum Gasteiger partial charge on any atom is -0.000326 e. The van der Waals surface area contributed by atoms with Gasteiger partial charge >= 0.3 is 0 Å². The summed E-state index contributed by atoms with van der Waals surface area (Å²) >= 11 is 0. The van der Waals surface area contributed by atoms with Crippen molar-refractivity contribution >= 4 is 0 Å². The molecule has 2 bridgehead atoms. The SMILES string of the molecule is CC1=C(C)C2(C)C(C)(C)C(C)(C)C(C)(C)C(C)(C(C)(C)C1(C)C)C2(C)C. The molecule has 0 radical (unpaired) electrons. The molecule has 0 aromatic rings. The zero-order valence-electron chi connectivity index (χ0n) is 21.0. The van der Waals surface area contributed by atoms with Gasteiger partial charge in [-0.1, -0.05) is 108 Å². The highest BCUT2D eigenvalue weighted by atomic mass is 14.8. The molecule has 2 unspecified atom stereocenters. The van der Waals surface area contributed by atoms with Gasteiger partial charge in [-0.2, -0.15) is 0 Å². The highest BCUT2D eigenvalue weighted by Crippen LogP contribution is 2.86. The summed E-state index contributed by atoms with van der Waals surface area (Å²) in [5.41, 5.74) is 4.54. The summed E-state index contributed by atoms with van der Waals surface area (Å²) in [5, 5.41) is 0. The van der Waals surface area contributed by atoms with Crippen LogP contribution >= 0.6 is 0 Å². The monoisotopic (exact) mass is 360 g/mol. The van der Waals surface area contributed by atoms with Crippen molar-refractivity contribution in [3.63, 3.8) is 0 Å². The van der Waals surface area contributed by atoms with E-state index in [-0.39, 0.29) is 43.3 Å². The summed E-state index contributed by atoms with van der Waals surface area (Å²) in [6.45, 7) is 40.8. The predicted molar refractivity (Wildman–Crippen MR) is 117 cm³/mol. The third-order valence-electron chi connectivity index (χ3n) is 13.2. The molecule has 2 rings (SSSR count). The Balaban J connectivity index is 3.25. The number of allylic oxidation sites excluding steroid dienone is 2. The molecule has 26 heavy (non-hydrogen) atoms.